The molecule has 0 aromatic heterocycles. The Morgan fingerprint density at radius 3 is 3.06 bits per heavy atom. The number of nitrogens with zero attached hydrogens (tertiary/aromatic N) is 1. The fourth-order valence-corrected chi connectivity index (χ4v) is 4.41. The summed E-state index contributed by atoms with van der Waals surface area (Å²) in [6.07, 6.45) is 11.6. The van der Waals surface area contributed by atoms with Crippen molar-refractivity contribution in [2.75, 3.05) is 13.7 Å². The highest BCUT2D eigenvalue weighted by Crippen LogP contribution is 2.63. The molecule has 0 aromatic carbocycles. The molecular formula is C14H17NO2. The van der Waals surface area contributed by atoms with Crippen LogP contribution in [-0.2, 0) is 4.79 Å². The van der Waals surface area contributed by atoms with Crippen molar-refractivity contribution in [2.45, 2.75) is 18.9 Å². The molecule has 5 atom stereocenters. The van der Waals surface area contributed by atoms with Gasteiger partial charge in [0.05, 0.1) is 0 Å². The van der Waals surface area contributed by atoms with E-state index >= 15 is 0 Å². The quantitative estimate of drug-likeness (QED) is 0.560. The minimum atomic E-state index is -0.617. The largest absolute Gasteiger partial charge is 0.396 e. The first-order valence-corrected chi connectivity index (χ1v) is 6.21. The molecule has 4 bridgehead atoms. The fraction of sp³-hybridized carbons (Fsp3) is 0.643. The number of hydrogen-bond donors (Lipinski definition) is 1. The Morgan fingerprint density at radius 2 is 2.47 bits per heavy atom. The van der Waals surface area contributed by atoms with Crippen LogP contribution in [0.1, 0.15) is 12.8 Å². The van der Waals surface area contributed by atoms with Crippen LogP contribution in [0.5, 0.6) is 0 Å². The van der Waals surface area contributed by atoms with E-state index in [0.29, 0.717) is 5.92 Å². The SMILES string of the molecule is C#CC12C(=O)N(C)C3C(CCO)C1C=CCC32. The molecule has 0 radical (unpaired) electrons. The van der Waals surface area contributed by atoms with Gasteiger partial charge >= 0.3 is 0 Å². The molecule has 1 heterocycles. The first-order valence-electron chi connectivity index (χ1n) is 6.21. The van der Waals surface area contributed by atoms with Gasteiger partial charge in [-0.15, -0.1) is 6.42 Å². The molecule has 0 aromatic rings. The molecule has 2 fully saturated rings. The molecule has 3 nitrogen and oxygen atoms in total. The predicted octanol–water partition coefficient (Wildman–Crippen LogP) is 0.651. The summed E-state index contributed by atoms with van der Waals surface area (Å²) in [5.74, 6) is 3.63. The van der Waals surface area contributed by atoms with Crippen molar-refractivity contribution in [3.63, 3.8) is 0 Å². The molecule has 0 spiro atoms. The number of piperidine rings is 1. The molecule has 1 saturated heterocycles. The van der Waals surface area contributed by atoms with Crippen LogP contribution in [0, 0.1) is 35.5 Å². The highest BCUT2D eigenvalue weighted by Gasteiger charge is 2.70. The van der Waals surface area contributed by atoms with Crippen molar-refractivity contribution in [3.05, 3.63) is 12.2 Å². The summed E-state index contributed by atoms with van der Waals surface area (Å²) in [6, 6.07) is 0.214. The monoisotopic (exact) mass is 231 g/mol. The van der Waals surface area contributed by atoms with Crippen LogP contribution in [0.25, 0.3) is 0 Å². The molecule has 1 amide bonds. The van der Waals surface area contributed by atoms with Crippen LogP contribution < -0.4 is 0 Å². The summed E-state index contributed by atoms with van der Waals surface area (Å²) >= 11 is 0. The number of hydrogen-bond acceptors (Lipinski definition) is 2. The molecule has 3 heteroatoms. The van der Waals surface area contributed by atoms with E-state index in [2.05, 4.69) is 18.1 Å². The Bertz CT molecular complexity index is 436. The van der Waals surface area contributed by atoms with Crippen LogP contribution >= 0.6 is 0 Å². The molecular weight excluding hydrogens is 214 g/mol. The van der Waals surface area contributed by atoms with Crippen molar-refractivity contribution in [2.24, 2.45) is 23.2 Å². The van der Waals surface area contributed by atoms with E-state index < -0.39 is 5.41 Å². The number of carbonyl (C=O) groups excluding carboxylic acids is 1. The van der Waals surface area contributed by atoms with E-state index in [1.807, 2.05) is 11.9 Å². The summed E-state index contributed by atoms with van der Waals surface area (Å²) in [7, 11) is 1.85. The summed E-state index contributed by atoms with van der Waals surface area (Å²) in [5, 5.41) is 9.20. The van der Waals surface area contributed by atoms with Gasteiger partial charge in [0.1, 0.15) is 5.41 Å². The van der Waals surface area contributed by atoms with E-state index in [-0.39, 0.29) is 30.4 Å². The van der Waals surface area contributed by atoms with Gasteiger partial charge in [-0.1, -0.05) is 18.1 Å². The van der Waals surface area contributed by atoms with Crippen LogP contribution in [0.3, 0.4) is 0 Å². The van der Waals surface area contributed by atoms with Gasteiger partial charge in [0, 0.05) is 31.5 Å². The molecule has 1 aliphatic heterocycles. The second-order valence-corrected chi connectivity index (χ2v) is 5.39. The standard InChI is InChI=1S/C14H17NO2/c1-3-14-10-5-4-6-11(14)12(9(10)7-8-16)15(2)13(14)17/h1,4-5,9-12,16H,6-8H2,2H3. The third-order valence-electron chi connectivity index (χ3n) is 4.98. The lowest BCUT2D eigenvalue weighted by molar-refractivity contribution is -0.139. The van der Waals surface area contributed by atoms with Gasteiger partial charge in [-0.05, 0) is 18.8 Å². The maximum atomic E-state index is 12.4. The van der Waals surface area contributed by atoms with Crippen molar-refractivity contribution in [1.29, 1.82) is 0 Å². The zero-order valence-corrected chi connectivity index (χ0v) is 9.97. The Hall–Kier alpha value is -1.27. The van der Waals surface area contributed by atoms with Crippen molar-refractivity contribution in [1.82, 2.24) is 4.90 Å². The molecule has 3 rings (SSSR count). The fourth-order valence-electron chi connectivity index (χ4n) is 4.41. The first-order chi connectivity index (χ1) is 8.18. The molecule has 3 aliphatic rings. The third kappa shape index (κ3) is 1.01. The van der Waals surface area contributed by atoms with Gasteiger partial charge in [0.15, 0.2) is 0 Å². The molecule has 2 aliphatic carbocycles. The van der Waals surface area contributed by atoms with Gasteiger partial charge in [0.2, 0.25) is 5.91 Å². The van der Waals surface area contributed by atoms with Crippen LogP contribution in [-0.4, -0.2) is 35.6 Å². The number of aliphatic hydroxyl groups excluding tert-OH is 1. The van der Waals surface area contributed by atoms with E-state index in [0.717, 1.165) is 12.8 Å². The van der Waals surface area contributed by atoms with Crippen molar-refractivity contribution >= 4 is 5.91 Å². The average Bonchev–Trinajstić information content (AvgIpc) is 2.61. The predicted molar refractivity (Wildman–Crippen MR) is 63.8 cm³/mol. The van der Waals surface area contributed by atoms with Crippen molar-refractivity contribution < 1.29 is 9.90 Å². The second-order valence-electron chi connectivity index (χ2n) is 5.39. The van der Waals surface area contributed by atoms with Crippen LogP contribution in [0.4, 0.5) is 0 Å². The minimum absolute atomic E-state index is 0.110. The Kier molecular flexibility index (Phi) is 2.15. The number of rotatable bonds is 2. The summed E-state index contributed by atoms with van der Waals surface area (Å²) < 4.78 is 0. The lowest BCUT2D eigenvalue weighted by atomic mass is 9.67. The lowest BCUT2D eigenvalue weighted by Crippen LogP contribution is -2.48. The number of allylic oxidation sites excluding steroid dienone is 2. The van der Waals surface area contributed by atoms with Gasteiger partial charge in [-0.2, -0.15) is 0 Å². The summed E-state index contributed by atoms with van der Waals surface area (Å²) in [6.45, 7) is 0.168. The Morgan fingerprint density at radius 1 is 1.71 bits per heavy atom. The zero-order chi connectivity index (χ0) is 12.2. The average molecular weight is 231 g/mol. The number of aliphatic hydroxyl groups is 1. The van der Waals surface area contributed by atoms with E-state index in [1.54, 1.807) is 0 Å². The molecule has 90 valence electrons. The van der Waals surface area contributed by atoms with Crippen LogP contribution in [0.15, 0.2) is 12.2 Å². The van der Waals surface area contributed by atoms with Crippen molar-refractivity contribution in [3.8, 4) is 12.3 Å². The summed E-state index contributed by atoms with van der Waals surface area (Å²) in [5.41, 5.74) is -0.617. The Balaban J connectivity index is 2.11. The maximum Gasteiger partial charge on any atom is 0.241 e. The highest BCUT2D eigenvalue weighted by molar-refractivity contribution is 5.91. The maximum absolute atomic E-state index is 12.4. The number of carbonyl (C=O) groups is 1. The number of likely N-dealkylation sites (tertiary alicyclic amines) is 1. The molecule has 1 saturated carbocycles. The van der Waals surface area contributed by atoms with E-state index in [4.69, 9.17) is 6.42 Å². The topological polar surface area (TPSA) is 40.5 Å². The van der Waals surface area contributed by atoms with E-state index in [1.165, 1.54) is 0 Å². The van der Waals surface area contributed by atoms with Gasteiger partial charge in [-0.3, -0.25) is 4.79 Å². The normalized spacial score (nSPS) is 46.4. The van der Waals surface area contributed by atoms with Crippen LogP contribution in [0.2, 0.25) is 0 Å². The molecule has 17 heavy (non-hydrogen) atoms. The lowest BCUT2D eigenvalue weighted by Gasteiger charge is -2.38. The van der Waals surface area contributed by atoms with Gasteiger partial charge in [0.25, 0.3) is 0 Å². The van der Waals surface area contributed by atoms with Gasteiger partial charge < -0.3 is 10.0 Å². The molecule has 5 unspecified atom stereocenters. The minimum Gasteiger partial charge on any atom is -0.396 e. The highest BCUT2D eigenvalue weighted by atomic mass is 16.3. The molecule has 1 N–H and O–H groups in total. The third-order valence-corrected chi connectivity index (χ3v) is 4.98. The zero-order valence-electron chi connectivity index (χ0n) is 9.97. The number of amides is 1. The first kappa shape index (κ1) is 10.9. The smallest absolute Gasteiger partial charge is 0.241 e. The number of terminal acetylenes is 1. The van der Waals surface area contributed by atoms with E-state index in [9.17, 15) is 9.90 Å². The summed E-state index contributed by atoms with van der Waals surface area (Å²) in [4.78, 5) is 14.2. The Labute approximate surface area is 101 Å². The van der Waals surface area contributed by atoms with Gasteiger partial charge in [-0.25, -0.2) is 0 Å². The second kappa shape index (κ2) is 3.36.